The van der Waals surface area contributed by atoms with Crippen molar-refractivity contribution in [3.05, 3.63) is 59.4 Å². The number of hydrazone groups is 1. The summed E-state index contributed by atoms with van der Waals surface area (Å²) >= 11 is 1.95. The van der Waals surface area contributed by atoms with Crippen molar-refractivity contribution in [3.63, 3.8) is 0 Å². The molecule has 1 aliphatic heterocycles. The highest BCUT2D eigenvalue weighted by Gasteiger charge is 2.14. The molecule has 0 unspecified atom stereocenters. The van der Waals surface area contributed by atoms with Gasteiger partial charge >= 0.3 is 0 Å². The minimum Gasteiger partial charge on any atom is -0.496 e. The third kappa shape index (κ3) is 5.46. The van der Waals surface area contributed by atoms with Gasteiger partial charge in [-0.25, -0.2) is 9.22 Å². The zero-order valence-corrected chi connectivity index (χ0v) is 17.1. The maximum atomic E-state index is 13.0. The number of hydrogen-bond acceptors (Lipinski definition) is 6. The molecule has 0 atom stereocenters. The van der Waals surface area contributed by atoms with Crippen molar-refractivity contribution in [1.82, 2.24) is 9.73 Å². The number of nitrogens with zero attached hydrogens (tertiary/aromatic N) is 2. The Morgan fingerprint density at radius 3 is 2.61 bits per heavy atom. The summed E-state index contributed by atoms with van der Waals surface area (Å²) < 4.78 is 42.8. The van der Waals surface area contributed by atoms with Gasteiger partial charge in [-0.3, -0.25) is 4.90 Å². The van der Waals surface area contributed by atoms with Gasteiger partial charge < -0.3 is 4.74 Å². The van der Waals surface area contributed by atoms with Gasteiger partial charge in [0.25, 0.3) is 10.0 Å². The second kappa shape index (κ2) is 9.40. The van der Waals surface area contributed by atoms with Gasteiger partial charge in [-0.2, -0.15) is 25.3 Å². The van der Waals surface area contributed by atoms with Crippen molar-refractivity contribution in [1.29, 1.82) is 0 Å². The molecule has 0 saturated carbocycles. The quantitative estimate of drug-likeness (QED) is 0.548. The molecule has 6 nitrogen and oxygen atoms in total. The number of ether oxygens (including phenoxy) is 1. The van der Waals surface area contributed by atoms with Crippen LogP contribution in [0.25, 0.3) is 0 Å². The van der Waals surface area contributed by atoms with Crippen LogP contribution in [0.15, 0.2) is 52.5 Å². The molecule has 1 saturated heterocycles. The van der Waals surface area contributed by atoms with E-state index in [0.29, 0.717) is 0 Å². The number of nitrogens with one attached hydrogen (secondary N) is 1. The van der Waals surface area contributed by atoms with Gasteiger partial charge in [0.15, 0.2) is 0 Å². The van der Waals surface area contributed by atoms with Crippen LogP contribution in [0.2, 0.25) is 0 Å². The Hall–Kier alpha value is -2.10. The van der Waals surface area contributed by atoms with Gasteiger partial charge in [-0.1, -0.05) is 0 Å². The smallest absolute Gasteiger partial charge is 0.276 e. The zero-order valence-electron chi connectivity index (χ0n) is 15.5. The molecule has 150 valence electrons. The van der Waals surface area contributed by atoms with Gasteiger partial charge in [-0.15, -0.1) is 0 Å². The van der Waals surface area contributed by atoms with Crippen LogP contribution in [0, 0.1) is 5.82 Å². The van der Waals surface area contributed by atoms with E-state index in [-0.39, 0.29) is 4.90 Å². The summed E-state index contributed by atoms with van der Waals surface area (Å²) in [5.41, 5.74) is 1.78. The highest BCUT2D eigenvalue weighted by atomic mass is 32.2. The summed E-state index contributed by atoms with van der Waals surface area (Å²) in [5.74, 6) is 2.53. The summed E-state index contributed by atoms with van der Waals surface area (Å²) in [5, 5.41) is 3.84. The molecule has 0 aromatic heterocycles. The standard InChI is InChI=1S/C19H22FN3O3S2/c1-26-19-7-2-15(12-16(19)14-23-8-10-27-11-9-23)13-21-22-28(24,25)18-5-3-17(20)4-6-18/h2-7,12-13,22H,8-11,14H2,1H3/b21-13+. The average molecular weight is 424 g/mol. The molecular formula is C19H22FN3O3S2. The fourth-order valence-electron chi connectivity index (χ4n) is 2.84. The first-order valence-electron chi connectivity index (χ1n) is 8.75. The first-order chi connectivity index (χ1) is 13.5. The Morgan fingerprint density at radius 1 is 1.21 bits per heavy atom. The lowest BCUT2D eigenvalue weighted by Crippen LogP contribution is -2.32. The van der Waals surface area contributed by atoms with Crippen molar-refractivity contribution in [2.75, 3.05) is 31.7 Å². The minimum atomic E-state index is -3.84. The zero-order chi connectivity index (χ0) is 20.0. The summed E-state index contributed by atoms with van der Waals surface area (Å²) in [7, 11) is -2.21. The van der Waals surface area contributed by atoms with Crippen molar-refractivity contribution < 1.29 is 17.5 Å². The number of rotatable bonds is 7. The SMILES string of the molecule is COc1ccc(/C=N/NS(=O)(=O)c2ccc(F)cc2)cc1CN1CCSCC1. The molecular weight excluding hydrogens is 401 g/mol. The maximum Gasteiger partial charge on any atom is 0.276 e. The molecule has 2 aromatic rings. The molecule has 0 radical (unpaired) electrons. The molecule has 1 fully saturated rings. The van der Waals surface area contributed by atoms with Crippen LogP contribution in [0.1, 0.15) is 11.1 Å². The fraction of sp³-hybridized carbons (Fsp3) is 0.316. The Balaban J connectivity index is 1.70. The number of benzene rings is 2. The lowest BCUT2D eigenvalue weighted by Gasteiger charge is -2.26. The van der Waals surface area contributed by atoms with Gasteiger partial charge in [0.2, 0.25) is 0 Å². The number of hydrogen-bond donors (Lipinski definition) is 1. The predicted molar refractivity (Wildman–Crippen MR) is 110 cm³/mol. The number of thioether (sulfide) groups is 1. The van der Waals surface area contributed by atoms with Gasteiger partial charge in [0, 0.05) is 36.7 Å². The molecule has 0 spiro atoms. The first-order valence-corrected chi connectivity index (χ1v) is 11.4. The van der Waals surface area contributed by atoms with Crippen LogP contribution in [0.3, 0.4) is 0 Å². The minimum absolute atomic E-state index is 0.0514. The largest absolute Gasteiger partial charge is 0.496 e. The summed E-state index contributed by atoms with van der Waals surface area (Å²) in [6.45, 7) is 2.83. The van der Waals surface area contributed by atoms with Crippen molar-refractivity contribution in [3.8, 4) is 5.75 Å². The van der Waals surface area contributed by atoms with Crippen LogP contribution in [-0.4, -0.2) is 51.2 Å². The number of methoxy groups -OCH3 is 1. The predicted octanol–water partition coefficient (Wildman–Crippen LogP) is 2.70. The molecule has 0 bridgehead atoms. The van der Waals surface area contributed by atoms with Crippen LogP contribution >= 0.6 is 11.8 Å². The van der Waals surface area contributed by atoms with E-state index in [2.05, 4.69) is 14.8 Å². The molecule has 0 amide bonds. The normalized spacial score (nSPS) is 15.6. The van der Waals surface area contributed by atoms with Gasteiger partial charge in [0.1, 0.15) is 11.6 Å². The molecule has 3 rings (SSSR count). The van der Waals surface area contributed by atoms with E-state index in [1.54, 1.807) is 7.11 Å². The van der Waals surface area contributed by atoms with E-state index in [0.717, 1.165) is 60.1 Å². The second-order valence-electron chi connectivity index (χ2n) is 6.27. The van der Waals surface area contributed by atoms with Crippen LogP contribution in [-0.2, 0) is 16.6 Å². The summed E-state index contributed by atoms with van der Waals surface area (Å²) in [6, 6.07) is 10.2. The molecule has 1 heterocycles. The molecule has 0 aliphatic carbocycles. The molecule has 28 heavy (non-hydrogen) atoms. The van der Waals surface area contributed by atoms with Crippen molar-refractivity contribution >= 4 is 28.0 Å². The molecule has 1 aliphatic rings. The highest BCUT2D eigenvalue weighted by Crippen LogP contribution is 2.22. The van der Waals surface area contributed by atoms with Crippen LogP contribution in [0.4, 0.5) is 4.39 Å². The molecule has 1 N–H and O–H groups in total. The average Bonchev–Trinajstić information content (AvgIpc) is 2.69. The van der Waals surface area contributed by atoms with E-state index in [9.17, 15) is 12.8 Å². The highest BCUT2D eigenvalue weighted by molar-refractivity contribution is 7.99. The number of sulfonamides is 1. The summed E-state index contributed by atoms with van der Waals surface area (Å²) in [4.78, 5) is 4.46. The van der Waals surface area contributed by atoms with Crippen LogP contribution < -0.4 is 9.57 Å². The Morgan fingerprint density at radius 2 is 1.93 bits per heavy atom. The lowest BCUT2D eigenvalue weighted by molar-refractivity contribution is 0.288. The van der Waals surface area contributed by atoms with Crippen molar-refractivity contribution in [2.45, 2.75) is 11.4 Å². The second-order valence-corrected chi connectivity index (χ2v) is 9.15. The fourth-order valence-corrected chi connectivity index (χ4v) is 4.61. The molecule has 9 heteroatoms. The Labute approximate surface area is 168 Å². The monoisotopic (exact) mass is 423 g/mol. The van der Waals surface area contributed by atoms with Gasteiger partial charge in [-0.05, 0) is 48.0 Å². The lowest BCUT2D eigenvalue weighted by atomic mass is 10.1. The van der Waals surface area contributed by atoms with Crippen LogP contribution in [0.5, 0.6) is 5.75 Å². The molecule has 2 aromatic carbocycles. The van der Waals surface area contributed by atoms with E-state index in [1.807, 2.05) is 30.0 Å². The van der Waals surface area contributed by atoms with E-state index < -0.39 is 15.8 Å². The third-order valence-electron chi connectivity index (χ3n) is 4.31. The van der Waals surface area contributed by atoms with E-state index in [1.165, 1.54) is 18.3 Å². The third-order valence-corrected chi connectivity index (χ3v) is 6.49. The maximum absolute atomic E-state index is 13.0. The topological polar surface area (TPSA) is 71.0 Å². The Kier molecular flexibility index (Phi) is 6.93. The summed E-state index contributed by atoms with van der Waals surface area (Å²) in [6.07, 6.45) is 1.44. The van der Waals surface area contributed by atoms with Crippen molar-refractivity contribution in [2.24, 2.45) is 5.10 Å². The van der Waals surface area contributed by atoms with Gasteiger partial charge in [0.05, 0.1) is 18.2 Å². The number of halogens is 1. The van der Waals surface area contributed by atoms with E-state index >= 15 is 0 Å². The van der Waals surface area contributed by atoms with E-state index in [4.69, 9.17) is 4.74 Å². The Bertz CT molecular complexity index is 928. The first kappa shape index (κ1) is 20.6.